The predicted octanol–water partition coefficient (Wildman–Crippen LogP) is 0.917. The van der Waals surface area contributed by atoms with Crippen molar-refractivity contribution in [1.29, 1.82) is 0 Å². The Labute approximate surface area is 107 Å². The minimum Gasteiger partial charge on any atom is -0.480 e. The van der Waals surface area contributed by atoms with Crippen molar-refractivity contribution in [1.82, 2.24) is 4.31 Å². The Kier molecular flexibility index (Phi) is 6.27. The van der Waals surface area contributed by atoms with E-state index >= 15 is 0 Å². The highest BCUT2D eigenvalue weighted by molar-refractivity contribution is 7.84. The second kappa shape index (κ2) is 6.69. The summed E-state index contributed by atoms with van der Waals surface area (Å²) < 4.78 is 31.4. The summed E-state index contributed by atoms with van der Waals surface area (Å²) in [4.78, 5) is 22.7. The van der Waals surface area contributed by atoms with Crippen LogP contribution in [0, 0.1) is 5.92 Å². The zero-order valence-electron chi connectivity index (χ0n) is 10.7. The molecular formula is C10H19NO6S. The van der Waals surface area contributed by atoms with Gasteiger partial charge in [-0.25, -0.2) is 9.10 Å². The van der Waals surface area contributed by atoms with Crippen LogP contribution in [0.25, 0.3) is 0 Å². The SMILES string of the molecule is CCCC(=O)N([C@@H](CC(C)C)C(=O)O)S(=O)(=O)O. The minimum absolute atomic E-state index is 0.0510. The molecule has 7 nitrogen and oxygen atoms in total. The van der Waals surface area contributed by atoms with Gasteiger partial charge in [-0.1, -0.05) is 20.8 Å². The Balaban J connectivity index is 5.38. The van der Waals surface area contributed by atoms with Crippen molar-refractivity contribution in [3.63, 3.8) is 0 Å². The third-order valence-corrected chi connectivity index (χ3v) is 3.18. The van der Waals surface area contributed by atoms with Crippen molar-refractivity contribution < 1.29 is 27.7 Å². The molecule has 0 saturated carbocycles. The molecule has 0 aromatic heterocycles. The first-order valence-electron chi connectivity index (χ1n) is 5.63. The fourth-order valence-electron chi connectivity index (χ4n) is 1.53. The van der Waals surface area contributed by atoms with Gasteiger partial charge in [0.05, 0.1) is 0 Å². The lowest BCUT2D eigenvalue weighted by atomic mass is 10.0. The normalized spacial score (nSPS) is 13.4. The molecule has 0 bridgehead atoms. The monoisotopic (exact) mass is 281 g/mol. The molecule has 0 aromatic rings. The number of hydrogen-bond donors (Lipinski definition) is 2. The summed E-state index contributed by atoms with van der Waals surface area (Å²) >= 11 is 0. The summed E-state index contributed by atoms with van der Waals surface area (Å²) in [5.41, 5.74) is 0. The van der Waals surface area contributed by atoms with Gasteiger partial charge in [-0.15, -0.1) is 0 Å². The summed E-state index contributed by atoms with van der Waals surface area (Å²) in [6, 6.07) is -1.57. The maximum Gasteiger partial charge on any atom is 0.362 e. The standard InChI is InChI=1S/C10H19NO6S/c1-4-5-9(12)11(18(15,16)17)8(10(13)14)6-7(2)3/h7-8H,4-6H2,1-3H3,(H,13,14)(H,15,16,17)/t8-/m0/s1. The van der Waals surface area contributed by atoms with Gasteiger partial charge in [-0.2, -0.15) is 8.42 Å². The molecule has 18 heavy (non-hydrogen) atoms. The van der Waals surface area contributed by atoms with E-state index in [2.05, 4.69) is 0 Å². The summed E-state index contributed by atoms with van der Waals surface area (Å²) in [7, 11) is -4.87. The molecule has 0 spiro atoms. The van der Waals surface area contributed by atoms with E-state index in [9.17, 15) is 18.0 Å². The van der Waals surface area contributed by atoms with Crippen molar-refractivity contribution in [3.8, 4) is 0 Å². The number of carbonyl (C=O) groups excluding carboxylic acids is 1. The molecule has 0 saturated heterocycles. The highest BCUT2D eigenvalue weighted by Gasteiger charge is 2.37. The Morgan fingerprint density at radius 3 is 2.06 bits per heavy atom. The van der Waals surface area contributed by atoms with Crippen molar-refractivity contribution in [2.24, 2.45) is 5.92 Å². The quantitative estimate of drug-likeness (QED) is 0.671. The van der Waals surface area contributed by atoms with E-state index in [0.29, 0.717) is 6.42 Å². The fourth-order valence-corrected chi connectivity index (χ4v) is 2.38. The minimum atomic E-state index is -4.87. The van der Waals surface area contributed by atoms with Crippen molar-refractivity contribution >= 4 is 22.2 Å². The number of nitrogens with zero attached hydrogens (tertiary/aromatic N) is 1. The van der Waals surface area contributed by atoms with Crippen LogP contribution >= 0.6 is 0 Å². The van der Waals surface area contributed by atoms with Crippen LogP contribution in [0.2, 0.25) is 0 Å². The molecule has 0 aliphatic rings. The summed E-state index contributed by atoms with van der Waals surface area (Å²) in [6.07, 6.45) is 0.172. The molecule has 0 aromatic carbocycles. The lowest BCUT2D eigenvalue weighted by Gasteiger charge is -2.26. The molecule has 0 rings (SSSR count). The van der Waals surface area contributed by atoms with Crippen LogP contribution in [0.4, 0.5) is 0 Å². The molecule has 0 unspecified atom stereocenters. The van der Waals surface area contributed by atoms with Crippen LogP contribution in [-0.4, -0.2) is 40.3 Å². The van der Waals surface area contributed by atoms with Gasteiger partial charge in [-0.05, 0) is 18.8 Å². The van der Waals surface area contributed by atoms with E-state index in [1.165, 1.54) is 0 Å². The van der Waals surface area contributed by atoms with E-state index < -0.39 is 28.2 Å². The van der Waals surface area contributed by atoms with Crippen LogP contribution < -0.4 is 0 Å². The molecule has 2 N–H and O–H groups in total. The van der Waals surface area contributed by atoms with Crippen molar-refractivity contribution in [2.75, 3.05) is 0 Å². The molecule has 0 radical (unpaired) electrons. The fraction of sp³-hybridized carbons (Fsp3) is 0.800. The molecule has 0 aliphatic carbocycles. The number of aliphatic carboxylic acids is 1. The molecule has 1 amide bonds. The summed E-state index contributed by atoms with van der Waals surface area (Å²) in [5, 5.41) is 9.00. The Hall–Kier alpha value is -1.15. The Bertz CT molecular complexity index is 403. The highest BCUT2D eigenvalue weighted by atomic mass is 32.2. The summed E-state index contributed by atoms with van der Waals surface area (Å²) in [5.74, 6) is -2.50. The predicted molar refractivity (Wildman–Crippen MR) is 64.2 cm³/mol. The number of carbonyl (C=O) groups is 2. The first-order chi connectivity index (χ1) is 8.11. The van der Waals surface area contributed by atoms with E-state index in [4.69, 9.17) is 9.66 Å². The summed E-state index contributed by atoms with van der Waals surface area (Å²) in [6.45, 7) is 5.04. The van der Waals surface area contributed by atoms with Crippen molar-refractivity contribution in [2.45, 2.75) is 46.1 Å². The molecule has 1 atom stereocenters. The third-order valence-electron chi connectivity index (χ3n) is 2.22. The molecule has 0 heterocycles. The first kappa shape index (κ1) is 16.9. The average molecular weight is 281 g/mol. The number of rotatable bonds is 7. The van der Waals surface area contributed by atoms with Crippen LogP contribution in [-0.2, 0) is 19.9 Å². The van der Waals surface area contributed by atoms with Crippen LogP contribution in [0.1, 0.15) is 40.0 Å². The van der Waals surface area contributed by atoms with Gasteiger partial charge in [0.25, 0.3) is 0 Å². The molecule has 106 valence electrons. The smallest absolute Gasteiger partial charge is 0.362 e. The van der Waals surface area contributed by atoms with E-state index in [1.54, 1.807) is 20.8 Å². The van der Waals surface area contributed by atoms with Gasteiger partial charge in [-0.3, -0.25) is 9.35 Å². The second-order valence-electron chi connectivity index (χ2n) is 4.40. The average Bonchev–Trinajstić information content (AvgIpc) is 2.13. The lowest BCUT2D eigenvalue weighted by Crippen LogP contribution is -2.48. The van der Waals surface area contributed by atoms with Gasteiger partial charge < -0.3 is 5.11 Å². The second-order valence-corrected chi connectivity index (χ2v) is 5.69. The molecule has 8 heteroatoms. The van der Waals surface area contributed by atoms with E-state index in [0.717, 1.165) is 0 Å². The molecule has 0 aliphatic heterocycles. The van der Waals surface area contributed by atoms with Crippen LogP contribution in [0.15, 0.2) is 0 Å². The van der Waals surface area contributed by atoms with Gasteiger partial charge in [0.15, 0.2) is 0 Å². The Morgan fingerprint density at radius 2 is 1.78 bits per heavy atom. The van der Waals surface area contributed by atoms with Crippen molar-refractivity contribution in [3.05, 3.63) is 0 Å². The Morgan fingerprint density at radius 1 is 1.28 bits per heavy atom. The maximum atomic E-state index is 11.6. The largest absolute Gasteiger partial charge is 0.480 e. The topological polar surface area (TPSA) is 112 Å². The maximum absolute atomic E-state index is 11.6. The third kappa shape index (κ3) is 5.01. The lowest BCUT2D eigenvalue weighted by molar-refractivity contribution is -0.147. The van der Waals surface area contributed by atoms with Crippen LogP contribution in [0.3, 0.4) is 0 Å². The van der Waals surface area contributed by atoms with Gasteiger partial charge in [0.1, 0.15) is 6.04 Å². The van der Waals surface area contributed by atoms with Gasteiger partial charge >= 0.3 is 16.3 Å². The molecular weight excluding hydrogens is 262 g/mol. The van der Waals surface area contributed by atoms with E-state index in [1.807, 2.05) is 0 Å². The van der Waals surface area contributed by atoms with E-state index in [-0.39, 0.29) is 23.1 Å². The molecule has 0 fully saturated rings. The number of hydrogen-bond acceptors (Lipinski definition) is 4. The highest BCUT2D eigenvalue weighted by Crippen LogP contribution is 2.17. The number of carboxylic acid groups (broad SMARTS) is 1. The number of carboxylic acids is 1. The zero-order chi connectivity index (χ0) is 14.5. The van der Waals surface area contributed by atoms with Crippen LogP contribution in [0.5, 0.6) is 0 Å². The first-order valence-corrected chi connectivity index (χ1v) is 7.03. The number of amides is 1. The van der Waals surface area contributed by atoms with Gasteiger partial charge in [0.2, 0.25) is 5.91 Å². The van der Waals surface area contributed by atoms with Gasteiger partial charge in [0, 0.05) is 6.42 Å². The zero-order valence-corrected chi connectivity index (χ0v) is 11.5.